The van der Waals surface area contributed by atoms with Crippen LogP contribution in [0.4, 0.5) is 0 Å². The Balaban J connectivity index is 0. The molecular formula is LaO2PbTiZr+9. The van der Waals surface area contributed by atoms with Gasteiger partial charge in [0, 0.05) is 0 Å². The van der Waals surface area contributed by atoms with Crippen LogP contribution in [0, 0.1) is 35.6 Å². The standard InChI is InChI=1S/La.2O.Pb.Ti.Zr/q+3;2*-2;+2;2*+4. The molecule has 0 spiro atoms. The summed E-state index contributed by atoms with van der Waals surface area (Å²) in [7, 11) is 0. The van der Waals surface area contributed by atoms with E-state index in [1.807, 2.05) is 0 Å². The molecular weight excluding hydrogens is 517 g/mol. The minimum absolute atomic E-state index is 0. The second kappa shape index (κ2) is 38.1. The van der Waals surface area contributed by atoms with E-state index in [0.717, 1.165) is 0 Å². The molecule has 0 fully saturated rings. The summed E-state index contributed by atoms with van der Waals surface area (Å²) in [6, 6.07) is 0. The van der Waals surface area contributed by atoms with Crippen molar-refractivity contribution in [2.24, 2.45) is 0 Å². The normalized spacial score (nSPS) is 0. The van der Waals surface area contributed by atoms with Gasteiger partial charge in [-0.25, -0.2) is 0 Å². The molecule has 2 radical (unpaired) electrons. The van der Waals surface area contributed by atoms with Crippen LogP contribution in [0.1, 0.15) is 0 Å². The largest absolute Gasteiger partial charge is 4.00 e. The van der Waals surface area contributed by atoms with Crippen LogP contribution in [-0.4, -0.2) is 27.3 Å². The van der Waals surface area contributed by atoms with Crippen LogP contribution in [-0.2, 0) is 58.9 Å². The third kappa shape index (κ3) is 25.4. The molecule has 0 aromatic carbocycles. The van der Waals surface area contributed by atoms with E-state index in [-0.39, 0.29) is 122 Å². The summed E-state index contributed by atoms with van der Waals surface area (Å²) in [5.41, 5.74) is 0. The van der Waals surface area contributed by atoms with Gasteiger partial charge in [0.1, 0.15) is 0 Å². The Morgan fingerprint density at radius 2 is 0.833 bits per heavy atom. The first kappa shape index (κ1) is 54.4. The Labute approximate surface area is 119 Å². The fourth-order valence-electron chi connectivity index (χ4n) is 0. The second-order valence-electron chi connectivity index (χ2n) is 0. The molecule has 6 heavy (non-hydrogen) atoms. The van der Waals surface area contributed by atoms with Crippen LogP contribution < -0.4 is 0 Å². The minimum atomic E-state index is 0. The summed E-state index contributed by atoms with van der Waals surface area (Å²) >= 11 is 0. The summed E-state index contributed by atoms with van der Waals surface area (Å²) in [5.74, 6) is 0. The molecule has 0 unspecified atom stereocenters. The van der Waals surface area contributed by atoms with Gasteiger partial charge in [0.15, 0.2) is 0 Å². The fraction of sp³-hybridized carbons (Fsp3) is 0. The van der Waals surface area contributed by atoms with Crippen molar-refractivity contribution in [1.29, 1.82) is 0 Å². The van der Waals surface area contributed by atoms with E-state index in [2.05, 4.69) is 0 Å². The quantitative estimate of drug-likeness (QED) is 0.385. The Morgan fingerprint density at radius 3 is 0.833 bits per heavy atom. The van der Waals surface area contributed by atoms with Crippen molar-refractivity contribution in [3.63, 3.8) is 0 Å². The van der Waals surface area contributed by atoms with E-state index in [4.69, 9.17) is 0 Å². The molecule has 0 aromatic heterocycles. The van der Waals surface area contributed by atoms with Gasteiger partial charge in [0.25, 0.3) is 0 Å². The zero-order valence-corrected chi connectivity index (χ0v) is 14.4. The van der Waals surface area contributed by atoms with Crippen LogP contribution in [0.25, 0.3) is 0 Å². The molecule has 18 valence electrons. The van der Waals surface area contributed by atoms with E-state index in [1.54, 1.807) is 0 Å². The van der Waals surface area contributed by atoms with Crippen molar-refractivity contribution in [1.82, 2.24) is 0 Å². The van der Waals surface area contributed by atoms with Gasteiger partial charge < -0.3 is 11.0 Å². The van der Waals surface area contributed by atoms with Crippen molar-refractivity contribution in [2.45, 2.75) is 0 Å². The van der Waals surface area contributed by atoms with Crippen LogP contribution >= 0.6 is 0 Å². The van der Waals surface area contributed by atoms with Gasteiger partial charge >= 0.3 is 111 Å². The van der Waals surface area contributed by atoms with E-state index < -0.39 is 0 Å². The third-order valence-electron chi connectivity index (χ3n) is 0. The number of hydrogen-bond acceptors (Lipinski definition) is 0. The zero-order chi connectivity index (χ0) is 0. The van der Waals surface area contributed by atoms with Gasteiger partial charge in [-0.05, 0) is 0 Å². The molecule has 6 heteroatoms. The molecule has 0 amide bonds. The van der Waals surface area contributed by atoms with Crippen molar-refractivity contribution in [2.75, 3.05) is 0 Å². The Hall–Kier alpha value is 3.63. The summed E-state index contributed by atoms with van der Waals surface area (Å²) < 4.78 is 0. The maximum atomic E-state index is 0. The second-order valence-corrected chi connectivity index (χ2v) is 0. The average molecular weight is 517 g/mol. The smallest absolute Gasteiger partial charge is 2.00 e. The summed E-state index contributed by atoms with van der Waals surface area (Å²) in [5, 5.41) is 0. The summed E-state index contributed by atoms with van der Waals surface area (Å²) in [6.07, 6.45) is 0. The van der Waals surface area contributed by atoms with Crippen LogP contribution in [0.2, 0.25) is 0 Å². The molecule has 0 heterocycles. The first-order chi connectivity index (χ1) is 0. The topological polar surface area (TPSA) is 57.0 Å². The van der Waals surface area contributed by atoms with Crippen molar-refractivity contribution in [3.8, 4) is 0 Å². The summed E-state index contributed by atoms with van der Waals surface area (Å²) in [6.45, 7) is 0. The van der Waals surface area contributed by atoms with Crippen molar-refractivity contribution in [3.05, 3.63) is 0 Å². The van der Waals surface area contributed by atoms with Gasteiger partial charge in [0.2, 0.25) is 0 Å². The van der Waals surface area contributed by atoms with Crippen LogP contribution in [0.5, 0.6) is 0 Å². The monoisotopic (exact) mass is 517 g/mol. The summed E-state index contributed by atoms with van der Waals surface area (Å²) in [4.78, 5) is 0. The first-order valence-corrected chi connectivity index (χ1v) is 0. The molecule has 0 rings (SSSR count). The molecule has 2 nitrogen and oxygen atoms in total. The van der Waals surface area contributed by atoms with Gasteiger partial charge in [-0.15, -0.1) is 0 Å². The molecule has 0 atom stereocenters. The third-order valence-corrected chi connectivity index (χ3v) is 0. The predicted octanol–water partition coefficient (Wildman–Crippen LogP) is -0.623. The maximum absolute atomic E-state index is 0. The molecule has 0 bridgehead atoms. The first-order valence-electron chi connectivity index (χ1n) is 0. The molecule has 0 saturated carbocycles. The molecule has 0 aliphatic rings. The molecule has 0 N–H and O–H groups in total. The fourth-order valence-corrected chi connectivity index (χ4v) is 0. The Morgan fingerprint density at radius 1 is 0.833 bits per heavy atom. The molecule has 0 aromatic rings. The predicted molar refractivity (Wildman–Crippen MR) is 7.13 cm³/mol. The number of rotatable bonds is 0. The van der Waals surface area contributed by atoms with Crippen molar-refractivity contribution >= 4 is 27.3 Å². The Kier molecular flexibility index (Phi) is 345. The molecule has 0 aliphatic heterocycles. The molecule has 0 saturated heterocycles. The maximum Gasteiger partial charge on any atom is 4.00 e. The average Bonchev–Trinajstić information content (AvgIpc) is 0. The Bertz CT molecular complexity index is 13.5. The van der Waals surface area contributed by atoms with Gasteiger partial charge in [-0.1, -0.05) is 0 Å². The van der Waals surface area contributed by atoms with Crippen molar-refractivity contribution < 1.29 is 94.5 Å². The SMILES string of the molecule is [La+3].[O-2].[O-2].[Pb+2].[Ti+4].[Zr+4]. The minimum Gasteiger partial charge on any atom is -2.00 e. The van der Waals surface area contributed by atoms with Gasteiger partial charge in [-0.3, -0.25) is 0 Å². The van der Waals surface area contributed by atoms with E-state index >= 15 is 0 Å². The van der Waals surface area contributed by atoms with Crippen LogP contribution in [0.3, 0.4) is 0 Å². The number of hydrogen-bond donors (Lipinski definition) is 0. The molecule has 0 aliphatic carbocycles. The van der Waals surface area contributed by atoms with Gasteiger partial charge in [0.05, 0.1) is 0 Å². The van der Waals surface area contributed by atoms with Crippen LogP contribution in [0.15, 0.2) is 0 Å². The van der Waals surface area contributed by atoms with E-state index in [1.165, 1.54) is 0 Å². The van der Waals surface area contributed by atoms with E-state index in [9.17, 15) is 0 Å². The van der Waals surface area contributed by atoms with Gasteiger partial charge in [-0.2, -0.15) is 0 Å². The zero-order valence-electron chi connectivity index (χ0n) is 2.89. The van der Waals surface area contributed by atoms with E-state index in [0.29, 0.717) is 0 Å².